The number of hydrogen-bond acceptors (Lipinski definition) is 3. The van der Waals surface area contributed by atoms with Crippen LogP contribution in [0.4, 0.5) is 0 Å². The highest BCUT2D eigenvalue weighted by molar-refractivity contribution is 9.10. The molecule has 0 saturated heterocycles. The highest BCUT2D eigenvalue weighted by Crippen LogP contribution is 2.14. The predicted molar refractivity (Wildman–Crippen MR) is 65.8 cm³/mol. The number of nitrogens with one attached hydrogen (secondary N) is 1. The number of sulfonamides is 1. The van der Waals surface area contributed by atoms with Crippen molar-refractivity contribution in [1.29, 1.82) is 0 Å². The second kappa shape index (κ2) is 5.77. The van der Waals surface area contributed by atoms with Crippen LogP contribution in [0.1, 0.15) is 6.92 Å². The third kappa shape index (κ3) is 3.86. The molecule has 1 rings (SSSR count). The van der Waals surface area contributed by atoms with E-state index in [2.05, 4.69) is 20.7 Å². The summed E-state index contributed by atoms with van der Waals surface area (Å²) in [5.74, 6) is 0. The summed E-state index contributed by atoms with van der Waals surface area (Å²) in [5.41, 5.74) is 0. The topological polar surface area (TPSA) is 55.4 Å². The molecule has 16 heavy (non-hydrogen) atoms. The van der Waals surface area contributed by atoms with Crippen LogP contribution < -0.4 is 4.72 Å². The molecule has 0 aromatic heterocycles. The third-order valence-electron chi connectivity index (χ3n) is 2.09. The lowest BCUT2D eigenvalue weighted by atomic mass is 10.4. The molecule has 0 heterocycles. The van der Waals surface area contributed by atoms with Gasteiger partial charge < -0.3 is 4.74 Å². The molecule has 1 atom stereocenters. The first-order valence-corrected chi connectivity index (χ1v) is 7.01. The average Bonchev–Trinajstić information content (AvgIpc) is 2.26. The van der Waals surface area contributed by atoms with E-state index in [1.807, 2.05) is 0 Å². The van der Waals surface area contributed by atoms with E-state index in [0.717, 1.165) is 4.47 Å². The van der Waals surface area contributed by atoms with Gasteiger partial charge in [-0.2, -0.15) is 0 Å². The second-order valence-electron chi connectivity index (χ2n) is 3.35. The van der Waals surface area contributed by atoms with Gasteiger partial charge in [0, 0.05) is 18.1 Å². The molecule has 1 unspecified atom stereocenters. The first-order valence-electron chi connectivity index (χ1n) is 4.74. The van der Waals surface area contributed by atoms with Crippen LogP contribution in [0.5, 0.6) is 0 Å². The van der Waals surface area contributed by atoms with Crippen molar-refractivity contribution >= 4 is 26.0 Å². The summed E-state index contributed by atoms with van der Waals surface area (Å²) < 4.78 is 31.9. The highest BCUT2D eigenvalue weighted by atomic mass is 79.9. The van der Waals surface area contributed by atoms with Gasteiger partial charge in [0.15, 0.2) is 0 Å². The number of rotatable bonds is 5. The molecule has 0 spiro atoms. The average molecular weight is 308 g/mol. The summed E-state index contributed by atoms with van der Waals surface area (Å²) in [6.45, 7) is 2.05. The Morgan fingerprint density at radius 3 is 2.44 bits per heavy atom. The number of halogens is 1. The quantitative estimate of drug-likeness (QED) is 0.902. The Bertz CT molecular complexity index is 430. The van der Waals surface area contributed by atoms with Crippen molar-refractivity contribution in [2.75, 3.05) is 13.7 Å². The molecule has 1 aromatic rings. The van der Waals surface area contributed by atoms with Gasteiger partial charge in [0.2, 0.25) is 10.0 Å². The number of ether oxygens (including phenoxy) is 1. The van der Waals surface area contributed by atoms with Crippen LogP contribution in [0.15, 0.2) is 33.6 Å². The minimum atomic E-state index is -3.43. The molecular formula is C10H14BrNO3S. The SMILES string of the molecule is COC(C)CNS(=O)(=O)c1ccc(Br)cc1. The summed E-state index contributed by atoms with van der Waals surface area (Å²) in [6, 6.07) is 6.47. The Balaban J connectivity index is 2.74. The molecule has 0 aliphatic carbocycles. The molecule has 0 radical (unpaired) electrons. The summed E-state index contributed by atoms with van der Waals surface area (Å²) in [5, 5.41) is 0. The van der Waals surface area contributed by atoms with E-state index in [9.17, 15) is 8.42 Å². The summed E-state index contributed by atoms with van der Waals surface area (Å²) in [7, 11) is -1.89. The fraction of sp³-hybridized carbons (Fsp3) is 0.400. The molecule has 0 fully saturated rings. The Labute approximate surface area is 104 Å². The van der Waals surface area contributed by atoms with E-state index >= 15 is 0 Å². The van der Waals surface area contributed by atoms with Crippen molar-refractivity contribution in [3.8, 4) is 0 Å². The van der Waals surface area contributed by atoms with Crippen LogP contribution in [0.25, 0.3) is 0 Å². The fourth-order valence-corrected chi connectivity index (χ4v) is 2.39. The van der Waals surface area contributed by atoms with Gasteiger partial charge in [-0.15, -0.1) is 0 Å². The molecule has 1 aromatic carbocycles. The van der Waals surface area contributed by atoms with Crippen LogP contribution in [0.2, 0.25) is 0 Å². The zero-order valence-electron chi connectivity index (χ0n) is 9.10. The van der Waals surface area contributed by atoms with E-state index in [-0.39, 0.29) is 17.5 Å². The lowest BCUT2D eigenvalue weighted by Gasteiger charge is -2.11. The molecule has 0 amide bonds. The monoisotopic (exact) mass is 307 g/mol. The van der Waals surface area contributed by atoms with Crippen molar-refractivity contribution in [3.05, 3.63) is 28.7 Å². The van der Waals surface area contributed by atoms with Gasteiger partial charge in [-0.25, -0.2) is 13.1 Å². The third-order valence-corrected chi connectivity index (χ3v) is 4.06. The van der Waals surface area contributed by atoms with Gasteiger partial charge >= 0.3 is 0 Å². The van der Waals surface area contributed by atoms with E-state index in [1.54, 1.807) is 38.3 Å². The van der Waals surface area contributed by atoms with Crippen molar-refractivity contribution in [2.24, 2.45) is 0 Å². The zero-order valence-corrected chi connectivity index (χ0v) is 11.5. The minimum Gasteiger partial charge on any atom is -0.380 e. The molecule has 6 heteroatoms. The minimum absolute atomic E-state index is 0.148. The summed E-state index contributed by atoms with van der Waals surface area (Å²) in [6.07, 6.45) is -0.148. The Kier molecular flexibility index (Phi) is 4.91. The van der Waals surface area contributed by atoms with Gasteiger partial charge in [0.05, 0.1) is 11.0 Å². The van der Waals surface area contributed by atoms with Gasteiger partial charge in [-0.3, -0.25) is 0 Å². The number of benzene rings is 1. The molecule has 0 bridgehead atoms. The number of hydrogen-bond donors (Lipinski definition) is 1. The van der Waals surface area contributed by atoms with Crippen LogP contribution in [0.3, 0.4) is 0 Å². The standard InChI is InChI=1S/C10H14BrNO3S/c1-8(15-2)7-12-16(13,14)10-5-3-9(11)4-6-10/h3-6,8,12H,7H2,1-2H3. The fourth-order valence-electron chi connectivity index (χ4n) is 1.01. The van der Waals surface area contributed by atoms with Gasteiger partial charge in [-0.1, -0.05) is 15.9 Å². The first-order chi connectivity index (χ1) is 7.45. The maximum absolute atomic E-state index is 11.8. The molecule has 4 nitrogen and oxygen atoms in total. The Morgan fingerprint density at radius 1 is 1.38 bits per heavy atom. The number of methoxy groups -OCH3 is 1. The first kappa shape index (κ1) is 13.6. The van der Waals surface area contributed by atoms with Gasteiger partial charge in [0.25, 0.3) is 0 Å². The maximum atomic E-state index is 11.8. The zero-order chi connectivity index (χ0) is 12.2. The predicted octanol–water partition coefficient (Wildman–Crippen LogP) is 1.76. The molecule has 0 saturated carbocycles. The van der Waals surface area contributed by atoms with Crippen LogP contribution in [-0.4, -0.2) is 28.2 Å². The lowest BCUT2D eigenvalue weighted by Crippen LogP contribution is -2.31. The van der Waals surface area contributed by atoms with Crippen molar-refractivity contribution in [1.82, 2.24) is 4.72 Å². The van der Waals surface area contributed by atoms with Crippen molar-refractivity contribution in [3.63, 3.8) is 0 Å². The van der Waals surface area contributed by atoms with Crippen LogP contribution in [0, 0.1) is 0 Å². The largest absolute Gasteiger partial charge is 0.380 e. The highest BCUT2D eigenvalue weighted by Gasteiger charge is 2.14. The second-order valence-corrected chi connectivity index (χ2v) is 6.03. The van der Waals surface area contributed by atoms with Crippen molar-refractivity contribution < 1.29 is 13.2 Å². The maximum Gasteiger partial charge on any atom is 0.240 e. The van der Waals surface area contributed by atoms with E-state index < -0.39 is 10.0 Å². The van der Waals surface area contributed by atoms with Gasteiger partial charge in [0.1, 0.15) is 0 Å². The molecular weight excluding hydrogens is 294 g/mol. The smallest absolute Gasteiger partial charge is 0.240 e. The van der Waals surface area contributed by atoms with E-state index in [4.69, 9.17) is 4.74 Å². The Hall–Kier alpha value is -0.430. The molecule has 1 N–H and O–H groups in total. The molecule has 0 aliphatic rings. The van der Waals surface area contributed by atoms with Crippen molar-refractivity contribution in [2.45, 2.75) is 17.9 Å². The summed E-state index contributed by atoms with van der Waals surface area (Å²) in [4.78, 5) is 0.249. The van der Waals surface area contributed by atoms with Crippen LogP contribution in [-0.2, 0) is 14.8 Å². The van der Waals surface area contributed by atoms with E-state index in [1.165, 1.54) is 0 Å². The lowest BCUT2D eigenvalue weighted by molar-refractivity contribution is 0.122. The Morgan fingerprint density at radius 2 is 1.94 bits per heavy atom. The summed E-state index contributed by atoms with van der Waals surface area (Å²) >= 11 is 3.25. The van der Waals surface area contributed by atoms with Gasteiger partial charge in [-0.05, 0) is 31.2 Å². The van der Waals surface area contributed by atoms with E-state index in [0.29, 0.717) is 0 Å². The normalized spacial score (nSPS) is 13.7. The molecule has 0 aliphatic heterocycles. The molecule has 90 valence electrons. The van der Waals surface area contributed by atoms with Crippen LogP contribution >= 0.6 is 15.9 Å².